The van der Waals surface area contributed by atoms with Crippen LogP contribution in [0.1, 0.15) is 11.1 Å². The highest BCUT2D eigenvalue weighted by Gasteiger charge is 2.07. The standard InChI is InChI=1S/C9H7BrINO/c1-13-9-3-6(4-10)8(11)2-7(9)5-12/h2-3H,4H2,1H3. The summed E-state index contributed by atoms with van der Waals surface area (Å²) in [5.74, 6) is 0.636. The third-order valence-corrected chi connectivity index (χ3v) is 3.24. The molecule has 0 N–H and O–H groups in total. The van der Waals surface area contributed by atoms with E-state index in [1.165, 1.54) is 0 Å². The molecule has 0 amide bonds. The minimum Gasteiger partial charge on any atom is -0.495 e. The second-order valence-corrected chi connectivity index (χ2v) is 4.11. The van der Waals surface area contributed by atoms with E-state index in [2.05, 4.69) is 44.6 Å². The zero-order chi connectivity index (χ0) is 9.84. The van der Waals surface area contributed by atoms with Crippen LogP contribution < -0.4 is 4.74 Å². The lowest BCUT2D eigenvalue weighted by molar-refractivity contribution is 0.413. The molecule has 0 spiro atoms. The van der Waals surface area contributed by atoms with Gasteiger partial charge in [0.25, 0.3) is 0 Å². The highest BCUT2D eigenvalue weighted by Crippen LogP contribution is 2.25. The van der Waals surface area contributed by atoms with E-state index in [0.29, 0.717) is 11.3 Å². The molecule has 0 aromatic heterocycles. The number of benzene rings is 1. The maximum atomic E-state index is 8.79. The molecule has 0 bridgehead atoms. The van der Waals surface area contributed by atoms with Crippen LogP contribution in [0.25, 0.3) is 0 Å². The van der Waals surface area contributed by atoms with Gasteiger partial charge in [-0.1, -0.05) is 15.9 Å². The van der Waals surface area contributed by atoms with E-state index < -0.39 is 0 Å². The molecule has 2 nitrogen and oxygen atoms in total. The highest BCUT2D eigenvalue weighted by molar-refractivity contribution is 14.1. The van der Waals surface area contributed by atoms with E-state index in [1.54, 1.807) is 7.11 Å². The van der Waals surface area contributed by atoms with Crippen LogP contribution in [-0.4, -0.2) is 7.11 Å². The molecule has 0 heterocycles. The topological polar surface area (TPSA) is 33.0 Å². The fraction of sp³-hybridized carbons (Fsp3) is 0.222. The Bertz CT molecular complexity index is 359. The molecular formula is C9H7BrINO. The van der Waals surface area contributed by atoms with Gasteiger partial charge in [-0.2, -0.15) is 5.26 Å². The van der Waals surface area contributed by atoms with Crippen molar-refractivity contribution in [3.05, 3.63) is 26.8 Å². The zero-order valence-electron chi connectivity index (χ0n) is 6.97. The summed E-state index contributed by atoms with van der Waals surface area (Å²) in [6, 6.07) is 5.81. The van der Waals surface area contributed by atoms with E-state index >= 15 is 0 Å². The lowest BCUT2D eigenvalue weighted by Crippen LogP contribution is -1.92. The SMILES string of the molecule is COc1cc(CBr)c(I)cc1C#N. The van der Waals surface area contributed by atoms with Crippen LogP contribution >= 0.6 is 38.5 Å². The molecule has 0 saturated carbocycles. The number of ether oxygens (including phenoxy) is 1. The summed E-state index contributed by atoms with van der Waals surface area (Å²) >= 11 is 5.58. The van der Waals surface area contributed by atoms with Crippen LogP contribution in [0.15, 0.2) is 12.1 Å². The molecule has 0 unspecified atom stereocenters. The van der Waals surface area contributed by atoms with Crippen LogP contribution in [0, 0.1) is 14.9 Å². The molecule has 0 aliphatic carbocycles. The van der Waals surface area contributed by atoms with Crippen molar-refractivity contribution in [2.75, 3.05) is 7.11 Å². The maximum Gasteiger partial charge on any atom is 0.136 e. The Labute approximate surface area is 99.2 Å². The first kappa shape index (κ1) is 10.8. The third-order valence-electron chi connectivity index (χ3n) is 1.63. The van der Waals surface area contributed by atoms with Gasteiger partial charge in [0.05, 0.1) is 12.7 Å². The van der Waals surface area contributed by atoms with Crippen molar-refractivity contribution in [2.45, 2.75) is 5.33 Å². The number of nitriles is 1. The summed E-state index contributed by atoms with van der Waals surface area (Å²) in [6.45, 7) is 0. The molecule has 13 heavy (non-hydrogen) atoms. The predicted molar refractivity (Wildman–Crippen MR) is 63.1 cm³/mol. The molecule has 1 rings (SSSR count). The minimum atomic E-state index is 0.580. The smallest absolute Gasteiger partial charge is 0.136 e. The van der Waals surface area contributed by atoms with Crippen LogP contribution in [0.3, 0.4) is 0 Å². The Morgan fingerprint density at radius 2 is 2.31 bits per heavy atom. The van der Waals surface area contributed by atoms with Gasteiger partial charge in [0.2, 0.25) is 0 Å². The average Bonchev–Trinajstić information content (AvgIpc) is 2.17. The van der Waals surface area contributed by atoms with E-state index in [9.17, 15) is 0 Å². The normalized spacial score (nSPS) is 9.38. The van der Waals surface area contributed by atoms with Crippen LogP contribution in [0.4, 0.5) is 0 Å². The number of hydrogen-bond donors (Lipinski definition) is 0. The Balaban J connectivity index is 3.28. The second-order valence-electron chi connectivity index (χ2n) is 2.39. The van der Waals surface area contributed by atoms with Gasteiger partial charge >= 0.3 is 0 Å². The van der Waals surface area contributed by atoms with Crippen molar-refractivity contribution >= 4 is 38.5 Å². The number of methoxy groups -OCH3 is 1. The number of hydrogen-bond acceptors (Lipinski definition) is 2. The Morgan fingerprint density at radius 3 is 2.77 bits per heavy atom. The molecule has 0 atom stereocenters. The van der Waals surface area contributed by atoms with Crippen molar-refractivity contribution in [3.63, 3.8) is 0 Å². The lowest BCUT2D eigenvalue weighted by atomic mass is 10.1. The fourth-order valence-electron chi connectivity index (χ4n) is 0.954. The molecule has 1 aromatic rings. The summed E-state index contributed by atoms with van der Waals surface area (Å²) in [6.07, 6.45) is 0. The average molecular weight is 352 g/mol. The predicted octanol–water partition coefficient (Wildman–Crippen LogP) is 3.07. The number of alkyl halides is 1. The molecule has 68 valence electrons. The van der Waals surface area contributed by atoms with Crippen LogP contribution in [0.2, 0.25) is 0 Å². The summed E-state index contributed by atoms with van der Waals surface area (Å²) < 4.78 is 6.16. The van der Waals surface area contributed by atoms with Crippen molar-refractivity contribution in [1.29, 1.82) is 5.26 Å². The quantitative estimate of drug-likeness (QED) is 0.606. The third kappa shape index (κ3) is 2.35. The Kier molecular flexibility index (Phi) is 4.00. The van der Waals surface area contributed by atoms with Gasteiger partial charge in [0, 0.05) is 8.90 Å². The molecule has 0 fully saturated rings. The highest BCUT2D eigenvalue weighted by atomic mass is 127. The van der Waals surface area contributed by atoms with E-state index in [4.69, 9.17) is 10.00 Å². The first-order valence-electron chi connectivity index (χ1n) is 3.55. The minimum absolute atomic E-state index is 0.580. The Morgan fingerprint density at radius 1 is 1.62 bits per heavy atom. The monoisotopic (exact) mass is 351 g/mol. The van der Waals surface area contributed by atoms with E-state index in [-0.39, 0.29) is 0 Å². The largest absolute Gasteiger partial charge is 0.495 e. The first-order valence-corrected chi connectivity index (χ1v) is 5.75. The maximum absolute atomic E-state index is 8.79. The summed E-state index contributed by atoms with van der Waals surface area (Å²) in [7, 11) is 1.57. The summed E-state index contributed by atoms with van der Waals surface area (Å²) in [4.78, 5) is 0. The second kappa shape index (κ2) is 4.82. The van der Waals surface area contributed by atoms with Gasteiger partial charge in [-0.25, -0.2) is 0 Å². The molecular weight excluding hydrogens is 345 g/mol. The first-order chi connectivity index (χ1) is 6.22. The van der Waals surface area contributed by atoms with Gasteiger partial charge in [-0.05, 0) is 40.3 Å². The molecule has 0 radical (unpaired) electrons. The molecule has 1 aromatic carbocycles. The zero-order valence-corrected chi connectivity index (χ0v) is 10.7. The summed E-state index contributed by atoms with van der Waals surface area (Å²) in [5, 5.41) is 9.56. The van der Waals surface area contributed by atoms with Gasteiger partial charge in [0.1, 0.15) is 11.8 Å². The van der Waals surface area contributed by atoms with E-state index in [0.717, 1.165) is 14.5 Å². The van der Waals surface area contributed by atoms with Crippen LogP contribution in [-0.2, 0) is 5.33 Å². The molecule has 0 saturated heterocycles. The van der Waals surface area contributed by atoms with Crippen molar-refractivity contribution < 1.29 is 4.74 Å². The number of rotatable bonds is 2. The van der Waals surface area contributed by atoms with Crippen molar-refractivity contribution in [2.24, 2.45) is 0 Å². The van der Waals surface area contributed by atoms with Gasteiger partial charge in [-0.15, -0.1) is 0 Å². The van der Waals surface area contributed by atoms with Crippen LogP contribution in [0.5, 0.6) is 5.75 Å². The Hall–Kier alpha value is -0.280. The molecule has 4 heteroatoms. The number of nitrogens with zero attached hydrogens (tertiary/aromatic N) is 1. The van der Waals surface area contributed by atoms with Gasteiger partial charge in [0.15, 0.2) is 0 Å². The summed E-state index contributed by atoms with van der Waals surface area (Å²) in [5.41, 5.74) is 1.72. The molecule has 0 aliphatic rings. The molecule has 0 aliphatic heterocycles. The fourth-order valence-corrected chi connectivity index (χ4v) is 2.60. The van der Waals surface area contributed by atoms with Crippen molar-refractivity contribution in [1.82, 2.24) is 0 Å². The van der Waals surface area contributed by atoms with Gasteiger partial charge < -0.3 is 4.74 Å². The van der Waals surface area contributed by atoms with Crippen molar-refractivity contribution in [3.8, 4) is 11.8 Å². The number of halogens is 2. The lowest BCUT2D eigenvalue weighted by Gasteiger charge is -2.06. The van der Waals surface area contributed by atoms with Gasteiger partial charge in [-0.3, -0.25) is 0 Å². The van der Waals surface area contributed by atoms with E-state index in [1.807, 2.05) is 12.1 Å².